The molecule has 0 saturated carbocycles. The van der Waals surface area contributed by atoms with Crippen LogP contribution in [0.5, 0.6) is 0 Å². The molecule has 1 aliphatic heterocycles. The average Bonchev–Trinajstić information content (AvgIpc) is 2.75. The van der Waals surface area contributed by atoms with Crippen LogP contribution in [-0.2, 0) is 14.4 Å². The van der Waals surface area contributed by atoms with Crippen molar-refractivity contribution < 1.29 is 14.4 Å². The number of carbonyl (C=O) groups is 3. The Labute approximate surface area is 118 Å². The van der Waals surface area contributed by atoms with E-state index in [2.05, 4.69) is 5.32 Å². The molecule has 5 nitrogen and oxygen atoms in total. The van der Waals surface area contributed by atoms with Gasteiger partial charge in [-0.2, -0.15) is 0 Å². The third-order valence-corrected chi connectivity index (χ3v) is 3.31. The van der Waals surface area contributed by atoms with Gasteiger partial charge in [-0.05, 0) is 18.6 Å². The molecular weight excluding hydrogens is 256 g/mol. The Morgan fingerprint density at radius 3 is 2.65 bits per heavy atom. The van der Waals surface area contributed by atoms with Crippen molar-refractivity contribution in [2.24, 2.45) is 5.92 Å². The Bertz CT molecular complexity index is 513. The molecule has 1 aromatic carbocycles. The van der Waals surface area contributed by atoms with Crippen LogP contribution in [0.4, 0.5) is 5.69 Å². The van der Waals surface area contributed by atoms with Crippen LogP contribution >= 0.6 is 0 Å². The van der Waals surface area contributed by atoms with Crippen LogP contribution in [-0.4, -0.2) is 30.7 Å². The number of Topliss-reactive ketones (excluding diaryl/α,β-unsaturated/α-hetero) is 1. The number of hydrogen-bond acceptors (Lipinski definition) is 3. The first-order valence-corrected chi connectivity index (χ1v) is 6.82. The number of unbranched alkanes of at least 4 members (excludes halogenated alkanes) is 1. The van der Waals surface area contributed by atoms with E-state index in [0.29, 0.717) is 12.2 Å². The molecule has 1 saturated heterocycles. The smallest absolute Gasteiger partial charge is 0.247 e. The fraction of sp³-hybridized carbons (Fsp3) is 0.400. The number of nitrogens with zero attached hydrogens (tertiary/aromatic N) is 1. The molecule has 0 aliphatic carbocycles. The molecule has 1 fully saturated rings. The standard InChI is InChI=1S/C15H18N2O3/c1-2-3-9-16-14(19)13-12(18)10-17(15(13)20)11-7-5-4-6-8-11/h4-8,13H,2-3,9-10H2,1H3,(H,16,19)/t13-/m0/s1. The monoisotopic (exact) mass is 274 g/mol. The average molecular weight is 274 g/mol. The predicted octanol–water partition coefficient (Wildman–Crippen LogP) is 1.13. The van der Waals surface area contributed by atoms with Gasteiger partial charge in [-0.15, -0.1) is 0 Å². The van der Waals surface area contributed by atoms with Crippen molar-refractivity contribution in [2.45, 2.75) is 19.8 Å². The fourth-order valence-electron chi connectivity index (χ4n) is 2.19. The van der Waals surface area contributed by atoms with Crippen molar-refractivity contribution in [1.29, 1.82) is 0 Å². The van der Waals surface area contributed by atoms with Crippen LogP contribution in [0.2, 0.25) is 0 Å². The van der Waals surface area contributed by atoms with Gasteiger partial charge in [0.25, 0.3) is 0 Å². The van der Waals surface area contributed by atoms with Crippen molar-refractivity contribution >= 4 is 23.3 Å². The summed E-state index contributed by atoms with van der Waals surface area (Å²) in [6, 6.07) is 8.93. The van der Waals surface area contributed by atoms with E-state index in [1.165, 1.54) is 4.90 Å². The van der Waals surface area contributed by atoms with E-state index in [9.17, 15) is 14.4 Å². The summed E-state index contributed by atoms with van der Waals surface area (Å²) >= 11 is 0. The van der Waals surface area contributed by atoms with Gasteiger partial charge in [0.2, 0.25) is 11.8 Å². The summed E-state index contributed by atoms with van der Waals surface area (Å²) in [7, 11) is 0. The van der Waals surface area contributed by atoms with Crippen LogP contribution in [0.25, 0.3) is 0 Å². The zero-order chi connectivity index (χ0) is 14.5. The van der Waals surface area contributed by atoms with Crippen molar-refractivity contribution in [3.63, 3.8) is 0 Å². The number of ketones is 1. The molecule has 0 aromatic heterocycles. The lowest BCUT2D eigenvalue weighted by Gasteiger charge is -2.15. The molecule has 0 spiro atoms. The lowest BCUT2D eigenvalue weighted by Crippen LogP contribution is -2.39. The zero-order valence-electron chi connectivity index (χ0n) is 11.5. The van der Waals surface area contributed by atoms with Gasteiger partial charge in [-0.3, -0.25) is 14.4 Å². The Hall–Kier alpha value is -2.17. The number of carbonyl (C=O) groups excluding carboxylic acids is 3. The third kappa shape index (κ3) is 2.87. The minimum atomic E-state index is -1.19. The molecule has 0 unspecified atom stereocenters. The second kappa shape index (κ2) is 6.32. The van der Waals surface area contributed by atoms with Gasteiger partial charge in [0.1, 0.15) is 0 Å². The van der Waals surface area contributed by atoms with E-state index in [4.69, 9.17) is 0 Å². The molecule has 2 rings (SSSR count). The fourth-order valence-corrected chi connectivity index (χ4v) is 2.19. The summed E-state index contributed by atoms with van der Waals surface area (Å²) < 4.78 is 0. The van der Waals surface area contributed by atoms with E-state index < -0.39 is 17.7 Å². The highest BCUT2D eigenvalue weighted by Crippen LogP contribution is 2.22. The Morgan fingerprint density at radius 2 is 2.00 bits per heavy atom. The van der Waals surface area contributed by atoms with Crippen LogP contribution in [0.1, 0.15) is 19.8 Å². The molecule has 5 heteroatoms. The van der Waals surface area contributed by atoms with Crippen LogP contribution in [0, 0.1) is 5.92 Å². The number of amides is 2. The quantitative estimate of drug-likeness (QED) is 0.646. The molecule has 0 bridgehead atoms. The first kappa shape index (κ1) is 14.2. The lowest BCUT2D eigenvalue weighted by atomic mass is 10.1. The van der Waals surface area contributed by atoms with Crippen molar-refractivity contribution in [3.8, 4) is 0 Å². The SMILES string of the molecule is CCCCNC(=O)[C@@H]1C(=O)CN(c2ccccc2)C1=O. The van der Waals surface area contributed by atoms with E-state index in [1.807, 2.05) is 13.0 Å². The normalized spacial score (nSPS) is 18.4. The molecule has 20 heavy (non-hydrogen) atoms. The topological polar surface area (TPSA) is 66.5 Å². The maximum atomic E-state index is 12.2. The molecule has 1 aromatic rings. The van der Waals surface area contributed by atoms with Gasteiger partial charge >= 0.3 is 0 Å². The molecular formula is C15H18N2O3. The second-order valence-electron chi connectivity index (χ2n) is 4.80. The molecule has 1 atom stereocenters. The summed E-state index contributed by atoms with van der Waals surface area (Å²) in [5.74, 6) is -2.44. The maximum absolute atomic E-state index is 12.2. The maximum Gasteiger partial charge on any atom is 0.247 e. The highest BCUT2D eigenvalue weighted by molar-refractivity contribution is 6.28. The highest BCUT2D eigenvalue weighted by atomic mass is 16.2. The van der Waals surface area contributed by atoms with Gasteiger partial charge in [0.05, 0.1) is 6.54 Å². The number of nitrogens with one attached hydrogen (secondary N) is 1. The highest BCUT2D eigenvalue weighted by Gasteiger charge is 2.44. The van der Waals surface area contributed by atoms with Gasteiger partial charge in [-0.25, -0.2) is 0 Å². The molecule has 106 valence electrons. The number of rotatable bonds is 5. The first-order valence-electron chi connectivity index (χ1n) is 6.82. The van der Waals surface area contributed by atoms with Crippen LogP contribution in [0.15, 0.2) is 30.3 Å². The van der Waals surface area contributed by atoms with E-state index >= 15 is 0 Å². The van der Waals surface area contributed by atoms with Crippen molar-refractivity contribution in [1.82, 2.24) is 5.32 Å². The predicted molar refractivity (Wildman–Crippen MR) is 75.2 cm³/mol. The number of anilines is 1. The van der Waals surface area contributed by atoms with Crippen molar-refractivity contribution in [3.05, 3.63) is 30.3 Å². The van der Waals surface area contributed by atoms with Gasteiger partial charge in [0, 0.05) is 12.2 Å². The molecule has 0 radical (unpaired) electrons. The van der Waals surface area contributed by atoms with E-state index in [1.54, 1.807) is 24.3 Å². The van der Waals surface area contributed by atoms with Gasteiger partial charge in [-0.1, -0.05) is 31.5 Å². The Morgan fingerprint density at radius 1 is 1.30 bits per heavy atom. The lowest BCUT2D eigenvalue weighted by molar-refractivity contribution is -0.136. The number of hydrogen-bond donors (Lipinski definition) is 1. The zero-order valence-corrected chi connectivity index (χ0v) is 11.5. The summed E-state index contributed by atoms with van der Waals surface area (Å²) in [6.07, 6.45) is 1.78. The van der Waals surface area contributed by atoms with Crippen LogP contribution in [0.3, 0.4) is 0 Å². The summed E-state index contributed by atoms with van der Waals surface area (Å²) in [4.78, 5) is 37.5. The molecule has 1 aliphatic rings. The molecule has 2 amide bonds. The second-order valence-corrected chi connectivity index (χ2v) is 4.80. The van der Waals surface area contributed by atoms with Gasteiger partial charge < -0.3 is 10.2 Å². The van der Waals surface area contributed by atoms with Gasteiger partial charge in [0.15, 0.2) is 11.7 Å². The molecule has 1 heterocycles. The summed E-state index contributed by atoms with van der Waals surface area (Å²) in [5.41, 5.74) is 0.648. The molecule has 1 N–H and O–H groups in total. The minimum Gasteiger partial charge on any atom is -0.355 e. The van der Waals surface area contributed by atoms with Crippen molar-refractivity contribution in [2.75, 3.05) is 18.0 Å². The Kier molecular flexibility index (Phi) is 4.50. The number of para-hydroxylation sites is 1. The largest absolute Gasteiger partial charge is 0.355 e. The summed E-state index contributed by atoms with van der Waals surface area (Å²) in [5, 5.41) is 2.65. The third-order valence-electron chi connectivity index (χ3n) is 3.31. The summed E-state index contributed by atoms with van der Waals surface area (Å²) in [6.45, 7) is 2.47. The Balaban J connectivity index is 2.07. The number of benzene rings is 1. The van der Waals surface area contributed by atoms with E-state index in [-0.39, 0.29) is 12.3 Å². The van der Waals surface area contributed by atoms with E-state index in [0.717, 1.165) is 12.8 Å². The minimum absolute atomic E-state index is 0.0330. The van der Waals surface area contributed by atoms with Crippen LogP contribution < -0.4 is 10.2 Å². The first-order chi connectivity index (χ1) is 9.65.